The molecule has 1 amide bonds. The molecule has 12 heteroatoms. The van der Waals surface area contributed by atoms with Gasteiger partial charge in [0, 0.05) is 23.7 Å². The number of nitro groups is 1. The van der Waals surface area contributed by atoms with Crippen LogP contribution in [0.15, 0.2) is 24.3 Å². The molecule has 3 rings (SSSR count). The standard InChI is InChI=1S/C17H14F3N3O5S/c1-2-28-15(25)12-13(17(18,19)20)21-16(29-12)22(10-6-7-10)14(24)9-4-3-5-11(8-9)23(26)27/h3-5,8,10H,2,6-7H2,1H3. The Labute approximate surface area is 166 Å². The monoisotopic (exact) mass is 429 g/mol. The Morgan fingerprint density at radius 1 is 1.38 bits per heavy atom. The van der Waals surface area contributed by atoms with Crippen LogP contribution in [-0.2, 0) is 10.9 Å². The van der Waals surface area contributed by atoms with E-state index in [9.17, 15) is 32.9 Å². The predicted molar refractivity (Wildman–Crippen MR) is 96.0 cm³/mol. The summed E-state index contributed by atoms with van der Waals surface area (Å²) in [4.78, 5) is 39.0. The van der Waals surface area contributed by atoms with E-state index in [1.165, 1.54) is 25.1 Å². The minimum Gasteiger partial charge on any atom is -0.462 e. The Kier molecular flexibility index (Phi) is 5.55. The fourth-order valence-corrected chi connectivity index (χ4v) is 3.62. The van der Waals surface area contributed by atoms with Crippen molar-refractivity contribution in [3.63, 3.8) is 0 Å². The van der Waals surface area contributed by atoms with E-state index in [0.29, 0.717) is 24.2 Å². The van der Waals surface area contributed by atoms with E-state index in [4.69, 9.17) is 0 Å². The van der Waals surface area contributed by atoms with Gasteiger partial charge < -0.3 is 4.74 Å². The van der Waals surface area contributed by atoms with E-state index in [2.05, 4.69) is 9.72 Å². The van der Waals surface area contributed by atoms with Crippen LogP contribution in [0.4, 0.5) is 24.0 Å². The third-order valence-corrected chi connectivity index (χ3v) is 5.02. The van der Waals surface area contributed by atoms with Crippen molar-refractivity contribution in [2.75, 3.05) is 11.5 Å². The third-order valence-electron chi connectivity index (χ3n) is 3.99. The molecule has 1 heterocycles. The first kappa shape index (κ1) is 20.7. The van der Waals surface area contributed by atoms with Gasteiger partial charge in [-0.25, -0.2) is 9.78 Å². The molecule has 1 aliphatic carbocycles. The fraction of sp³-hybridized carbons (Fsp3) is 0.353. The number of nitrogens with zero attached hydrogens (tertiary/aromatic N) is 3. The zero-order chi connectivity index (χ0) is 21.3. The number of benzene rings is 1. The highest BCUT2D eigenvalue weighted by molar-refractivity contribution is 7.17. The van der Waals surface area contributed by atoms with Crippen LogP contribution in [0.25, 0.3) is 0 Å². The smallest absolute Gasteiger partial charge is 0.435 e. The van der Waals surface area contributed by atoms with Crippen molar-refractivity contribution in [3.8, 4) is 0 Å². The number of thiazole rings is 1. The molecule has 29 heavy (non-hydrogen) atoms. The highest BCUT2D eigenvalue weighted by atomic mass is 32.1. The van der Waals surface area contributed by atoms with Gasteiger partial charge in [-0.1, -0.05) is 17.4 Å². The molecule has 0 N–H and O–H groups in total. The SMILES string of the molecule is CCOC(=O)c1sc(N(C(=O)c2cccc([N+](=O)[O-])c2)C2CC2)nc1C(F)(F)F. The first-order valence-corrected chi connectivity index (χ1v) is 9.28. The van der Waals surface area contributed by atoms with Crippen LogP contribution >= 0.6 is 11.3 Å². The molecule has 0 aliphatic heterocycles. The highest BCUT2D eigenvalue weighted by Crippen LogP contribution is 2.41. The molecule has 0 spiro atoms. The van der Waals surface area contributed by atoms with Crippen molar-refractivity contribution in [3.05, 3.63) is 50.5 Å². The first-order valence-electron chi connectivity index (χ1n) is 8.46. The number of halogens is 3. The van der Waals surface area contributed by atoms with Crippen LogP contribution in [0.2, 0.25) is 0 Å². The zero-order valence-corrected chi connectivity index (χ0v) is 15.7. The molecular weight excluding hydrogens is 415 g/mol. The number of aromatic nitrogens is 1. The maximum absolute atomic E-state index is 13.4. The number of carbonyl (C=O) groups is 2. The summed E-state index contributed by atoms with van der Waals surface area (Å²) in [6, 6.07) is 4.48. The van der Waals surface area contributed by atoms with Gasteiger partial charge in [-0.2, -0.15) is 13.2 Å². The number of nitro benzene ring substituents is 1. The molecule has 1 aliphatic rings. The number of alkyl halides is 3. The van der Waals surface area contributed by atoms with Crippen LogP contribution in [0, 0.1) is 10.1 Å². The highest BCUT2D eigenvalue weighted by Gasteiger charge is 2.43. The molecule has 1 aromatic carbocycles. The Morgan fingerprint density at radius 2 is 2.07 bits per heavy atom. The summed E-state index contributed by atoms with van der Waals surface area (Å²) < 4.78 is 44.8. The minimum absolute atomic E-state index is 0.0625. The Bertz CT molecular complexity index is 971. The molecule has 1 saturated carbocycles. The first-order chi connectivity index (χ1) is 13.6. The quantitative estimate of drug-likeness (QED) is 0.390. The molecule has 2 aromatic rings. The topological polar surface area (TPSA) is 103 Å². The number of hydrogen-bond acceptors (Lipinski definition) is 7. The molecule has 154 valence electrons. The van der Waals surface area contributed by atoms with Crippen molar-refractivity contribution >= 4 is 34.0 Å². The lowest BCUT2D eigenvalue weighted by molar-refractivity contribution is -0.384. The van der Waals surface area contributed by atoms with Crippen molar-refractivity contribution in [1.29, 1.82) is 0 Å². The van der Waals surface area contributed by atoms with Gasteiger partial charge in [0.15, 0.2) is 10.8 Å². The number of ether oxygens (including phenoxy) is 1. The number of anilines is 1. The summed E-state index contributed by atoms with van der Waals surface area (Å²) >= 11 is 0.410. The van der Waals surface area contributed by atoms with E-state index in [0.717, 1.165) is 11.0 Å². The lowest BCUT2D eigenvalue weighted by Gasteiger charge is -2.19. The van der Waals surface area contributed by atoms with Crippen molar-refractivity contribution in [2.45, 2.75) is 32.0 Å². The molecule has 8 nitrogen and oxygen atoms in total. The molecule has 0 atom stereocenters. The zero-order valence-electron chi connectivity index (χ0n) is 14.9. The third kappa shape index (κ3) is 4.36. The fourth-order valence-electron chi connectivity index (χ4n) is 2.57. The normalized spacial score (nSPS) is 13.8. The average Bonchev–Trinajstić information content (AvgIpc) is 3.38. The van der Waals surface area contributed by atoms with Crippen LogP contribution in [-0.4, -0.2) is 34.4 Å². The summed E-state index contributed by atoms with van der Waals surface area (Å²) in [5.74, 6) is -1.91. The van der Waals surface area contributed by atoms with Crippen molar-refractivity contribution in [2.24, 2.45) is 0 Å². The Balaban J connectivity index is 2.04. The van der Waals surface area contributed by atoms with Gasteiger partial charge in [-0.3, -0.25) is 19.8 Å². The molecule has 0 unspecified atom stereocenters. The lowest BCUT2D eigenvalue weighted by atomic mass is 10.2. The van der Waals surface area contributed by atoms with Gasteiger partial charge in [-0.05, 0) is 25.8 Å². The molecule has 0 saturated heterocycles. The lowest BCUT2D eigenvalue weighted by Crippen LogP contribution is -2.33. The van der Waals surface area contributed by atoms with Crippen LogP contribution in [0.1, 0.15) is 45.5 Å². The number of amides is 1. The number of rotatable bonds is 6. The van der Waals surface area contributed by atoms with E-state index >= 15 is 0 Å². The number of carbonyl (C=O) groups excluding carboxylic acids is 2. The van der Waals surface area contributed by atoms with Gasteiger partial charge in [0.2, 0.25) is 0 Å². The Morgan fingerprint density at radius 3 is 2.62 bits per heavy atom. The maximum atomic E-state index is 13.4. The molecule has 1 fully saturated rings. The van der Waals surface area contributed by atoms with Gasteiger partial charge in [0.1, 0.15) is 4.88 Å². The molecule has 0 bridgehead atoms. The van der Waals surface area contributed by atoms with Gasteiger partial charge in [-0.15, -0.1) is 0 Å². The van der Waals surface area contributed by atoms with E-state index < -0.39 is 39.6 Å². The second-order valence-corrected chi connectivity index (χ2v) is 7.08. The van der Waals surface area contributed by atoms with Crippen molar-refractivity contribution in [1.82, 2.24) is 4.98 Å². The average molecular weight is 429 g/mol. The number of non-ortho nitro benzene ring substituents is 1. The summed E-state index contributed by atoms with van der Waals surface area (Å²) in [6.45, 7) is 1.33. The summed E-state index contributed by atoms with van der Waals surface area (Å²) in [6.07, 6.45) is -3.84. The van der Waals surface area contributed by atoms with E-state index in [1.54, 1.807) is 0 Å². The van der Waals surface area contributed by atoms with Gasteiger partial charge in [0.25, 0.3) is 11.6 Å². The van der Waals surface area contributed by atoms with Gasteiger partial charge in [0.05, 0.1) is 11.5 Å². The largest absolute Gasteiger partial charge is 0.462 e. The second kappa shape index (κ2) is 7.78. The Hall–Kier alpha value is -3.02. The minimum atomic E-state index is -4.92. The second-order valence-electron chi connectivity index (χ2n) is 6.11. The number of esters is 1. The van der Waals surface area contributed by atoms with E-state index in [1.807, 2.05) is 0 Å². The van der Waals surface area contributed by atoms with Gasteiger partial charge >= 0.3 is 12.1 Å². The maximum Gasteiger partial charge on any atom is 0.435 e. The van der Waals surface area contributed by atoms with Crippen LogP contribution in [0.5, 0.6) is 0 Å². The molecule has 1 aromatic heterocycles. The summed E-state index contributed by atoms with van der Waals surface area (Å²) in [5, 5.41) is 10.6. The van der Waals surface area contributed by atoms with E-state index in [-0.39, 0.29) is 23.0 Å². The predicted octanol–water partition coefficient (Wildman–Crippen LogP) is 4.06. The molecule has 0 radical (unpaired) electrons. The summed E-state index contributed by atoms with van der Waals surface area (Å²) in [5.41, 5.74) is -1.81. The van der Waals surface area contributed by atoms with Crippen molar-refractivity contribution < 1.29 is 32.4 Å². The van der Waals surface area contributed by atoms with Crippen LogP contribution < -0.4 is 4.90 Å². The molecular formula is C17H14F3N3O5S. The summed E-state index contributed by atoms with van der Waals surface area (Å²) in [7, 11) is 0. The van der Waals surface area contributed by atoms with Crippen LogP contribution in [0.3, 0.4) is 0 Å². The number of hydrogen-bond donors (Lipinski definition) is 0.